The van der Waals surface area contributed by atoms with E-state index in [1.54, 1.807) is 6.20 Å². The van der Waals surface area contributed by atoms with Crippen LogP contribution in [0.3, 0.4) is 0 Å². The highest BCUT2D eigenvalue weighted by Gasteiger charge is 2.00. The van der Waals surface area contributed by atoms with Gasteiger partial charge >= 0.3 is 0 Å². The summed E-state index contributed by atoms with van der Waals surface area (Å²) in [4.78, 5) is 4.22. The van der Waals surface area contributed by atoms with Gasteiger partial charge in [-0.3, -0.25) is 4.98 Å². The molecule has 0 unspecified atom stereocenters. The molecule has 0 fully saturated rings. The summed E-state index contributed by atoms with van der Waals surface area (Å²) < 4.78 is 0. The number of nitrogens with zero attached hydrogens (tertiary/aromatic N) is 1. The van der Waals surface area contributed by atoms with Gasteiger partial charge in [0.25, 0.3) is 0 Å². The van der Waals surface area contributed by atoms with E-state index in [1.165, 1.54) is 5.56 Å². The molecule has 1 aromatic heterocycles. The van der Waals surface area contributed by atoms with E-state index >= 15 is 0 Å². The predicted molar refractivity (Wildman–Crippen MR) is 62.8 cm³/mol. The van der Waals surface area contributed by atoms with Crippen LogP contribution in [0, 0.1) is 6.92 Å². The van der Waals surface area contributed by atoms with Crippen LogP contribution in [0.25, 0.3) is 10.9 Å². The SMILES string of the molecule is CC.Cc1ccnc2cccc(Cl)c12. The van der Waals surface area contributed by atoms with E-state index < -0.39 is 0 Å². The Labute approximate surface area is 89.7 Å². The monoisotopic (exact) mass is 207 g/mol. The molecule has 0 N–H and O–H groups in total. The molecule has 0 atom stereocenters. The summed E-state index contributed by atoms with van der Waals surface area (Å²) in [5, 5.41) is 1.83. The van der Waals surface area contributed by atoms with Crippen molar-refractivity contribution in [3.05, 3.63) is 41.0 Å². The maximum Gasteiger partial charge on any atom is 0.0719 e. The lowest BCUT2D eigenvalue weighted by Gasteiger charge is -2.01. The van der Waals surface area contributed by atoms with E-state index in [2.05, 4.69) is 4.98 Å². The summed E-state index contributed by atoms with van der Waals surface area (Å²) >= 11 is 6.02. The van der Waals surface area contributed by atoms with Crippen LogP contribution < -0.4 is 0 Å². The van der Waals surface area contributed by atoms with Gasteiger partial charge in [-0.1, -0.05) is 31.5 Å². The van der Waals surface area contributed by atoms with E-state index in [0.29, 0.717) is 0 Å². The average molecular weight is 208 g/mol. The lowest BCUT2D eigenvalue weighted by molar-refractivity contribution is 1.37. The van der Waals surface area contributed by atoms with Gasteiger partial charge in [-0.25, -0.2) is 0 Å². The second-order valence-corrected chi connectivity index (χ2v) is 3.17. The first-order chi connectivity index (χ1) is 6.79. The van der Waals surface area contributed by atoms with Crippen molar-refractivity contribution in [2.24, 2.45) is 0 Å². The van der Waals surface area contributed by atoms with Crippen LogP contribution in [-0.4, -0.2) is 4.98 Å². The molecule has 0 saturated heterocycles. The Balaban J connectivity index is 0.000000461. The Bertz CT molecular complexity index is 387. The average Bonchev–Trinajstić information content (AvgIpc) is 2.21. The third kappa shape index (κ3) is 2.05. The molecule has 0 aliphatic heterocycles. The number of fused-ring (bicyclic) bond motifs is 1. The van der Waals surface area contributed by atoms with Crippen molar-refractivity contribution in [1.82, 2.24) is 4.98 Å². The van der Waals surface area contributed by atoms with Crippen LogP contribution in [0.1, 0.15) is 19.4 Å². The normalized spacial score (nSPS) is 9.43. The Kier molecular flexibility index (Phi) is 3.90. The maximum absolute atomic E-state index is 6.02. The highest BCUT2D eigenvalue weighted by Crippen LogP contribution is 2.24. The van der Waals surface area contributed by atoms with Gasteiger partial charge in [0, 0.05) is 11.6 Å². The molecule has 2 rings (SSSR count). The van der Waals surface area contributed by atoms with E-state index in [-0.39, 0.29) is 0 Å². The van der Waals surface area contributed by atoms with Crippen molar-refractivity contribution in [2.45, 2.75) is 20.8 Å². The fraction of sp³-hybridized carbons (Fsp3) is 0.250. The van der Waals surface area contributed by atoms with Gasteiger partial charge in [-0.2, -0.15) is 0 Å². The van der Waals surface area contributed by atoms with Gasteiger partial charge in [0.2, 0.25) is 0 Å². The summed E-state index contributed by atoms with van der Waals surface area (Å²) in [6.45, 7) is 6.04. The number of rotatable bonds is 0. The van der Waals surface area contributed by atoms with E-state index in [1.807, 2.05) is 45.0 Å². The first kappa shape index (κ1) is 11.0. The molecule has 0 amide bonds. The molecule has 0 saturated carbocycles. The summed E-state index contributed by atoms with van der Waals surface area (Å²) in [7, 11) is 0. The molecule has 1 heterocycles. The molecule has 0 radical (unpaired) electrons. The van der Waals surface area contributed by atoms with Gasteiger partial charge in [0.1, 0.15) is 0 Å². The third-order valence-electron chi connectivity index (χ3n) is 1.92. The summed E-state index contributed by atoms with van der Waals surface area (Å²) in [6, 6.07) is 7.73. The minimum atomic E-state index is 0.776. The maximum atomic E-state index is 6.02. The molecule has 0 aliphatic carbocycles. The number of hydrogen-bond donors (Lipinski definition) is 0. The van der Waals surface area contributed by atoms with Crippen LogP contribution in [0.4, 0.5) is 0 Å². The van der Waals surface area contributed by atoms with Crippen LogP contribution in [-0.2, 0) is 0 Å². The molecule has 0 bridgehead atoms. The largest absolute Gasteiger partial charge is 0.256 e. The number of hydrogen-bond acceptors (Lipinski definition) is 1. The molecule has 14 heavy (non-hydrogen) atoms. The van der Waals surface area contributed by atoms with Crippen LogP contribution in [0.15, 0.2) is 30.5 Å². The zero-order valence-electron chi connectivity index (χ0n) is 8.71. The fourth-order valence-corrected chi connectivity index (χ4v) is 1.64. The highest BCUT2D eigenvalue weighted by molar-refractivity contribution is 6.35. The molecular weight excluding hydrogens is 194 g/mol. The third-order valence-corrected chi connectivity index (χ3v) is 2.24. The Hall–Kier alpha value is -1.08. The smallest absolute Gasteiger partial charge is 0.0719 e. The van der Waals surface area contributed by atoms with Gasteiger partial charge in [0.05, 0.1) is 10.5 Å². The Morgan fingerprint density at radius 3 is 2.50 bits per heavy atom. The molecule has 1 nitrogen and oxygen atoms in total. The van der Waals surface area contributed by atoms with Crippen molar-refractivity contribution in [1.29, 1.82) is 0 Å². The van der Waals surface area contributed by atoms with Crippen LogP contribution in [0.5, 0.6) is 0 Å². The first-order valence-corrected chi connectivity index (χ1v) is 5.16. The minimum absolute atomic E-state index is 0.776. The lowest BCUT2D eigenvalue weighted by Crippen LogP contribution is -1.82. The first-order valence-electron chi connectivity index (χ1n) is 4.79. The standard InChI is InChI=1S/C10H8ClN.C2H6/c1-7-5-6-12-9-4-2-3-8(11)10(7)9;1-2/h2-6H,1H3;1-2H3. The van der Waals surface area contributed by atoms with Gasteiger partial charge in [-0.05, 0) is 30.7 Å². The van der Waals surface area contributed by atoms with Gasteiger partial charge in [-0.15, -0.1) is 0 Å². The molecule has 2 aromatic rings. The predicted octanol–water partition coefficient (Wildman–Crippen LogP) is 4.22. The van der Waals surface area contributed by atoms with Crippen molar-refractivity contribution in [2.75, 3.05) is 0 Å². The van der Waals surface area contributed by atoms with Crippen molar-refractivity contribution >= 4 is 22.5 Å². The molecular formula is C12H14ClN. The Morgan fingerprint density at radius 1 is 1.14 bits per heavy atom. The van der Waals surface area contributed by atoms with Crippen molar-refractivity contribution in [3.8, 4) is 0 Å². The topological polar surface area (TPSA) is 12.9 Å². The van der Waals surface area contributed by atoms with E-state index in [0.717, 1.165) is 15.9 Å². The summed E-state index contributed by atoms with van der Waals surface area (Å²) in [5.74, 6) is 0. The molecule has 0 spiro atoms. The number of halogens is 1. The Morgan fingerprint density at radius 2 is 1.86 bits per heavy atom. The summed E-state index contributed by atoms with van der Waals surface area (Å²) in [6.07, 6.45) is 1.80. The zero-order chi connectivity index (χ0) is 10.6. The van der Waals surface area contributed by atoms with Crippen molar-refractivity contribution in [3.63, 3.8) is 0 Å². The number of aromatic nitrogens is 1. The van der Waals surface area contributed by atoms with Crippen molar-refractivity contribution < 1.29 is 0 Å². The van der Waals surface area contributed by atoms with Crippen LogP contribution in [0.2, 0.25) is 5.02 Å². The minimum Gasteiger partial charge on any atom is -0.256 e. The summed E-state index contributed by atoms with van der Waals surface area (Å²) in [5.41, 5.74) is 2.13. The zero-order valence-corrected chi connectivity index (χ0v) is 9.47. The molecule has 0 aliphatic rings. The highest BCUT2D eigenvalue weighted by atomic mass is 35.5. The number of aryl methyl sites for hydroxylation is 1. The fourth-order valence-electron chi connectivity index (χ4n) is 1.32. The number of pyridine rings is 1. The second-order valence-electron chi connectivity index (χ2n) is 2.76. The van der Waals surface area contributed by atoms with Gasteiger partial charge < -0.3 is 0 Å². The quantitative estimate of drug-likeness (QED) is 0.630. The molecule has 1 aromatic carbocycles. The second kappa shape index (κ2) is 4.97. The molecule has 2 heteroatoms. The number of benzene rings is 1. The van der Waals surface area contributed by atoms with Crippen LogP contribution >= 0.6 is 11.6 Å². The van der Waals surface area contributed by atoms with E-state index in [4.69, 9.17) is 11.6 Å². The van der Waals surface area contributed by atoms with Gasteiger partial charge in [0.15, 0.2) is 0 Å². The van der Waals surface area contributed by atoms with E-state index in [9.17, 15) is 0 Å². The lowest BCUT2D eigenvalue weighted by atomic mass is 10.1. The molecule has 74 valence electrons.